The molecule has 2 heteroatoms. The maximum Gasteiger partial charge on any atom is 0.224 e. The molecule has 0 spiro atoms. The van der Waals surface area contributed by atoms with E-state index in [4.69, 9.17) is 0 Å². The third-order valence-electron chi connectivity index (χ3n) is 4.30. The van der Waals surface area contributed by atoms with Gasteiger partial charge < -0.3 is 5.32 Å². The first-order chi connectivity index (χ1) is 10.6. The number of amides is 1. The molecule has 0 saturated carbocycles. The van der Waals surface area contributed by atoms with Crippen molar-refractivity contribution in [1.29, 1.82) is 0 Å². The van der Waals surface area contributed by atoms with E-state index in [1.807, 2.05) is 12.1 Å². The minimum Gasteiger partial charge on any atom is -0.326 e. The molecule has 22 heavy (non-hydrogen) atoms. The molecule has 0 bridgehead atoms. The Labute approximate surface area is 136 Å². The number of unbranched alkanes of at least 4 members (excludes halogenated alkanes) is 8. The van der Waals surface area contributed by atoms with Gasteiger partial charge in [-0.1, -0.05) is 64.4 Å². The quantitative estimate of drug-likeness (QED) is 0.487. The van der Waals surface area contributed by atoms with Crippen LogP contribution < -0.4 is 5.32 Å². The Kier molecular flexibility index (Phi) is 9.61. The number of hydrogen-bond donors (Lipinski definition) is 1. The maximum atomic E-state index is 11.9. The average molecular weight is 303 g/mol. The minimum absolute atomic E-state index is 0.145. The Morgan fingerprint density at radius 2 is 1.45 bits per heavy atom. The van der Waals surface area contributed by atoms with Crippen molar-refractivity contribution in [3.8, 4) is 0 Å². The minimum atomic E-state index is 0.145. The molecular formula is C20H33NO. The highest BCUT2D eigenvalue weighted by atomic mass is 16.1. The Morgan fingerprint density at radius 3 is 2.05 bits per heavy atom. The number of aryl methyl sites for hydroxylation is 2. The van der Waals surface area contributed by atoms with Crippen molar-refractivity contribution in [2.75, 3.05) is 5.32 Å². The molecule has 0 fully saturated rings. The van der Waals surface area contributed by atoms with Gasteiger partial charge in [-0.25, -0.2) is 0 Å². The van der Waals surface area contributed by atoms with Crippen molar-refractivity contribution in [3.05, 3.63) is 29.3 Å². The van der Waals surface area contributed by atoms with E-state index in [2.05, 4.69) is 32.2 Å². The molecule has 0 radical (unpaired) electrons. The van der Waals surface area contributed by atoms with Gasteiger partial charge in [0.15, 0.2) is 0 Å². The lowest BCUT2D eigenvalue weighted by Crippen LogP contribution is -2.11. The monoisotopic (exact) mass is 303 g/mol. The van der Waals surface area contributed by atoms with E-state index < -0.39 is 0 Å². The highest BCUT2D eigenvalue weighted by Gasteiger charge is 2.03. The number of anilines is 1. The van der Waals surface area contributed by atoms with E-state index in [0.717, 1.165) is 12.1 Å². The fourth-order valence-electron chi connectivity index (χ4n) is 2.64. The van der Waals surface area contributed by atoms with Gasteiger partial charge in [-0.3, -0.25) is 4.79 Å². The zero-order valence-corrected chi connectivity index (χ0v) is 14.7. The SMILES string of the molecule is CCCCCCCCCCCC(=O)Nc1ccc(C)c(C)c1. The zero-order valence-electron chi connectivity index (χ0n) is 14.7. The molecule has 0 aliphatic heterocycles. The summed E-state index contributed by atoms with van der Waals surface area (Å²) in [4.78, 5) is 11.9. The molecule has 0 heterocycles. The van der Waals surface area contributed by atoms with E-state index in [1.165, 1.54) is 62.5 Å². The molecule has 1 rings (SSSR count). The van der Waals surface area contributed by atoms with Crippen LogP contribution in [0.3, 0.4) is 0 Å². The van der Waals surface area contributed by atoms with Gasteiger partial charge in [0, 0.05) is 12.1 Å². The fraction of sp³-hybridized carbons (Fsp3) is 0.650. The van der Waals surface area contributed by atoms with Gasteiger partial charge in [-0.2, -0.15) is 0 Å². The normalized spacial score (nSPS) is 10.7. The molecule has 1 amide bonds. The predicted molar refractivity (Wildman–Crippen MR) is 96.4 cm³/mol. The van der Waals surface area contributed by atoms with Crippen LogP contribution in [0.15, 0.2) is 18.2 Å². The summed E-state index contributed by atoms with van der Waals surface area (Å²) in [6.07, 6.45) is 12.2. The highest BCUT2D eigenvalue weighted by Crippen LogP contribution is 2.15. The van der Waals surface area contributed by atoms with Gasteiger partial charge in [0.25, 0.3) is 0 Å². The van der Waals surface area contributed by atoms with Gasteiger partial charge in [0.05, 0.1) is 0 Å². The van der Waals surface area contributed by atoms with Crippen LogP contribution in [0.2, 0.25) is 0 Å². The van der Waals surface area contributed by atoms with Crippen LogP contribution >= 0.6 is 0 Å². The van der Waals surface area contributed by atoms with E-state index in [9.17, 15) is 4.79 Å². The summed E-state index contributed by atoms with van der Waals surface area (Å²) in [6.45, 7) is 6.41. The second-order valence-electron chi connectivity index (χ2n) is 6.43. The van der Waals surface area contributed by atoms with Gasteiger partial charge in [-0.05, 0) is 43.5 Å². The summed E-state index contributed by atoms with van der Waals surface area (Å²) in [6, 6.07) is 6.09. The molecule has 0 saturated heterocycles. The number of carbonyl (C=O) groups excluding carboxylic acids is 1. The number of hydrogen-bond acceptors (Lipinski definition) is 1. The molecule has 0 aromatic heterocycles. The van der Waals surface area contributed by atoms with Gasteiger partial charge in [0.2, 0.25) is 5.91 Å². The number of benzene rings is 1. The van der Waals surface area contributed by atoms with Crippen LogP contribution in [0, 0.1) is 13.8 Å². The van der Waals surface area contributed by atoms with Crippen molar-refractivity contribution in [3.63, 3.8) is 0 Å². The highest BCUT2D eigenvalue weighted by molar-refractivity contribution is 5.90. The summed E-state index contributed by atoms with van der Waals surface area (Å²) in [5.41, 5.74) is 3.40. The van der Waals surface area contributed by atoms with Crippen LogP contribution in [0.4, 0.5) is 5.69 Å². The maximum absolute atomic E-state index is 11.9. The number of nitrogens with one attached hydrogen (secondary N) is 1. The Balaban J connectivity index is 2.05. The summed E-state index contributed by atoms with van der Waals surface area (Å²) in [7, 11) is 0. The van der Waals surface area contributed by atoms with Crippen molar-refractivity contribution in [2.45, 2.75) is 85.0 Å². The summed E-state index contributed by atoms with van der Waals surface area (Å²) >= 11 is 0. The molecule has 2 nitrogen and oxygen atoms in total. The van der Waals surface area contributed by atoms with E-state index in [1.54, 1.807) is 0 Å². The van der Waals surface area contributed by atoms with Gasteiger partial charge in [0.1, 0.15) is 0 Å². The second kappa shape index (κ2) is 11.3. The van der Waals surface area contributed by atoms with Crippen LogP contribution in [0.25, 0.3) is 0 Å². The molecular weight excluding hydrogens is 270 g/mol. The predicted octanol–water partition coefficient (Wildman–Crippen LogP) is 6.16. The standard InChI is InChI=1S/C20H33NO/c1-4-5-6-7-8-9-10-11-12-13-20(22)21-19-15-14-17(2)18(3)16-19/h14-16H,4-13H2,1-3H3,(H,21,22). The molecule has 124 valence electrons. The Bertz CT molecular complexity index is 439. The summed E-state index contributed by atoms with van der Waals surface area (Å²) < 4.78 is 0. The lowest BCUT2D eigenvalue weighted by atomic mass is 10.1. The van der Waals surface area contributed by atoms with Crippen molar-refractivity contribution in [2.24, 2.45) is 0 Å². The number of rotatable bonds is 11. The molecule has 0 aliphatic rings. The molecule has 1 aromatic rings. The summed E-state index contributed by atoms with van der Waals surface area (Å²) in [5, 5.41) is 3.00. The first-order valence-corrected chi connectivity index (χ1v) is 9.00. The van der Waals surface area contributed by atoms with E-state index in [0.29, 0.717) is 6.42 Å². The molecule has 0 atom stereocenters. The largest absolute Gasteiger partial charge is 0.326 e. The first kappa shape index (κ1) is 18.7. The van der Waals surface area contributed by atoms with Crippen LogP contribution in [-0.4, -0.2) is 5.91 Å². The summed E-state index contributed by atoms with van der Waals surface area (Å²) in [5.74, 6) is 0.145. The number of carbonyl (C=O) groups is 1. The van der Waals surface area contributed by atoms with Gasteiger partial charge in [-0.15, -0.1) is 0 Å². The lowest BCUT2D eigenvalue weighted by molar-refractivity contribution is -0.116. The van der Waals surface area contributed by atoms with E-state index in [-0.39, 0.29) is 5.91 Å². The van der Waals surface area contributed by atoms with Crippen LogP contribution in [0.1, 0.15) is 82.3 Å². The molecule has 1 N–H and O–H groups in total. The third-order valence-corrected chi connectivity index (χ3v) is 4.30. The van der Waals surface area contributed by atoms with Crippen molar-refractivity contribution < 1.29 is 4.79 Å². The molecule has 0 aliphatic carbocycles. The van der Waals surface area contributed by atoms with Crippen molar-refractivity contribution in [1.82, 2.24) is 0 Å². The Morgan fingerprint density at radius 1 is 0.864 bits per heavy atom. The smallest absolute Gasteiger partial charge is 0.224 e. The van der Waals surface area contributed by atoms with Crippen molar-refractivity contribution >= 4 is 11.6 Å². The van der Waals surface area contributed by atoms with Crippen LogP contribution in [0.5, 0.6) is 0 Å². The Hall–Kier alpha value is -1.31. The van der Waals surface area contributed by atoms with Gasteiger partial charge >= 0.3 is 0 Å². The van der Waals surface area contributed by atoms with Crippen LogP contribution in [-0.2, 0) is 4.79 Å². The third kappa shape index (κ3) is 8.21. The molecule has 1 aromatic carbocycles. The lowest BCUT2D eigenvalue weighted by Gasteiger charge is -2.07. The topological polar surface area (TPSA) is 29.1 Å². The average Bonchev–Trinajstić information content (AvgIpc) is 2.49. The zero-order chi connectivity index (χ0) is 16.2. The fourth-order valence-corrected chi connectivity index (χ4v) is 2.64. The first-order valence-electron chi connectivity index (χ1n) is 9.00. The van der Waals surface area contributed by atoms with E-state index >= 15 is 0 Å². The second-order valence-corrected chi connectivity index (χ2v) is 6.43. The molecule has 0 unspecified atom stereocenters.